The van der Waals surface area contributed by atoms with Crippen LogP contribution in [0.15, 0.2) is 29.1 Å². The molecule has 28 heavy (non-hydrogen) atoms. The molecule has 1 aromatic heterocycles. The second kappa shape index (κ2) is 8.82. The van der Waals surface area contributed by atoms with Crippen LogP contribution < -0.4 is 5.69 Å². The number of H-pyrrole nitrogens is 1. The molecule has 7 heteroatoms. The Morgan fingerprint density at radius 1 is 1.18 bits per heavy atom. The van der Waals surface area contributed by atoms with Gasteiger partial charge in [0.15, 0.2) is 0 Å². The second-order valence-corrected chi connectivity index (χ2v) is 8.08. The molecule has 0 saturated carbocycles. The first-order valence-electron chi connectivity index (χ1n) is 10.2. The van der Waals surface area contributed by atoms with Crippen LogP contribution in [0, 0.1) is 0 Å². The highest BCUT2D eigenvalue weighted by Crippen LogP contribution is 2.25. The molecular formula is C21H32N4O3. The van der Waals surface area contributed by atoms with Gasteiger partial charge in [-0.25, -0.2) is 9.59 Å². The minimum Gasteiger partial charge on any atom is -0.448 e. The molecule has 1 saturated heterocycles. The Kier molecular flexibility index (Phi) is 6.44. The van der Waals surface area contributed by atoms with E-state index in [0.717, 1.165) is 30.4 Å². The first kappa shape index (κ1) is 20.5. The molecule has 1 aliphatic heterocycles. The number of rotatable bonds is 6. The van der Waals surface area contributed by atoms with E-state index in [9.17, 15) is 9.59 Å². The lowest BCUT2D eigenvalue weighted by molar-refractivity contribution is 0.0682. The number of benzene rings is 1. The normalized spacial score (nSPS) is 15.9. The number of hydrogen-bond donors (Lipinski definition) is 1. The van der Waals surface area contributed by atoms with Gasteiger partial charge >= 0.3 is 11.8 Å². The van der Waals surface area contributed by atoms with E-state index < -0.39 is 0 Å². The molecule has 154 valence electrons. The van der Waals surface area contributed by atoms with Gasteiger partial charge in [-0.3, -0.25) is 9.47 Å². The Labute approximate surface area is 166 Å². The summed E-state index contributed by atoms with van der Waals surface area (Å²) in [5.41, 5.74) is 1.70. The molecule has 2 heterocycles. The molecule has 0 spiro atoms. The van der Waals surface area contributed by atoms with Gasteiger partial charge < -0.3 is 14.6 Å². The summed E-state index contributed by atoms with van der Waals surface area (Å²) in [4.78, 5) is 31.7. The fraction of sp³-hybridized carbons (Fsp3) is 0.619. The van der Waals surface area contributed by atoms with Crippen molar-refractivity contribution in [2.75, 3.05) is 26.2 Å². The van der Waals surface area contributed by atoms with Crippen molar-refractivity contribution in [3.05, 3.63) is 34.7 Å². The van der Waals surface area contributed by atoms with Gasteiger partial charge in [0, 0.05) is 37.8 Å². The molecule has 0 atom stereocenters. The third-order valence-corrected chi connectivity index (χ3v) is 5.61. The highest BCUT2D eigenvalue weighted by Gasteiger charge is 2.27. The fourth-order valence-electron chi connectivity index (χ4n) is 4.19. The van der Waals surface area contributed by atoms with Crippen LogP contribution in [0.25, 0.3) is 11.0 Å². The van der Waals surface area contributed by atoms with Crippen LogP contribution in [0.1, 0.15) is 46.6 Å². The zero-order chi connectivity index (χ0) is 20.3. The third-order valence-electron chi connectivity index (χ3n) is 5.61. The van der Waals surface area contributed by atoms with Crippen LogP contribution in [0.3, 0.4) is 0 Å². The van der Waals surface area contributed by atoms with E-state index in [4.69, 9.17) is 4.74 Å². The molecule has 1 N–H and O–H groups in total. The number of hydrogen-bond acceptors (Lipinski definition) is 4. The molecule has 3 rings (SSSR count). The van der Waals surface area contributed by atoms with Crippen molar-refractivity contribution in [3.63, 3.8) is 0 Å². The van der Waals surface area contributed by atoms with Crippen molar-refractivity contribution in [3.8, 4) is 0 Å². The summed E-state index contributed by atoms with van der Waals surface area (Å²) in [5, 5.41) is 0. The van der Waals surface area contributed by atoms with Crippen LogP contribution >= 0.6 is 0 Å². The lowest BCUT2D eigenvalue weighted by atomic mass is 10.0. The van der Waals surface area contributed by atoms with Gasteiger partial charge in [0.25, 0.3) is 0 Å². The van der Waals surface area contributed by atoms with E-state index in [1.807, 2.05) is 28.8 Å². The standard InChI is InChI=1S/C21H32N4O3/c1-15(2)24(16(3)4)13-14-28-21(27)23-11-9-17(10-12-23)25-19-8-6-5-7-18(19)22-20(25)26/h5-8,15-17H,9-14H2,1-4H3,(H,22,26). The molecule has 0 radical (unpaired) electrons. The van der Waals surface area contributed by atoms with Crippen molar-refractivity contribution in [2.24, 2.45) is 0 Å². The van der Waals surface area contributed by atoms with E-state index >= 15 is 0 Å². The summed E-state index contributed by atoms with van der Waals surface area (Å²) < 4.78 is 7.34. The number of para-hydroxylation sites is 2. The summed E-state index contributed by atoms with van der Waals surface area (Å²) in [6, 6.07) is 8.68. The lowest BCUT2D eigenvalue weighted by Gasteiger charge is -2.33. The van der Waals surface area contributed by atoms with Gasteiger partial charge in [-0.2, -0.15) is 0 Å². The van der Waals surface area contributed by atoms with Crippen molar-refractivity contribution >= 4 is 17.1 Å². The number of amides is 1. The lowest BCUT2D eigenvalue weighted by Crippen LogP contribution is -2.43. The second-order valence-electron chi connectivity index (χ2n) is 8.08. The van der Waals surface area contributed by atoms with Crippen LogP contribution in [0.5, 0.6) is 0 Å². The molecule has 1 fully saturated rings. The van der Waals surface area contributed by atoms with Crippen LogP contribution in [0.4, 0.5) is 4.79 Å². The van der Waals surface area contributed by atoms with E-state index in [1.54, 1.807) is 4.90 Å². The average Bonchev–Trinajstić information content (AvgIpc) is 3.00. The Bertz CT molecular complexity index is 839. The Hall–Kier alpha value is -2.28. The summed E-state index contributed by atoms with van der Waals surface area (Å²) in [6.45, 7) is 11.0. The molecule has 2 aromatic rings. The maximum absolute atomic E-state index is 12.4. The molecule has 1 amide bonds. The van der Waals surface area contributed by atoms with Crippen molar-refractivity contribution < 1.29 is 9.53 Å². The number of likely N-dealkylation sites (tertiary alicyclic amines) is 1. The number of fused-ring (bicyclic) bond motifs is 1. The quantitative estimate of drug-likeness (QED) is 0.825. The first-order chi connectivity index (χ1) is 13.4. The predicted octanol–water partition coefficient (Wildman–Crippen LogP) is 3.22. The van der Waals surface area contributed by atoms with E-state index in [-0.39, 0.29) is 17.8 Å². The summed E-state index contributed by atoms with van der Waals surface area (Å²) in [6.07, 6.45) is 1.25. The van der Waals surface area contributed by atoms with Crippen molar-refractivity contribution in [1.82, 2.24) is 19.4 Å². The molecule has 0 aliphatic carbocycles. The number of aromatic nitrogens is 2. The van der Waals surface area contributed by atoms with Crippen LogP contribution in [-0.4, -0.2) is 63.8 Å². The number of nitrogens with zero attached hydrogens (tertiary/aromatic N) is 3. The van der Waals surface area contributed by atoms with Gasteiger partial charge in [-0.1, -0.05) is 12.1 Å². The van der Waals surface area contributed by atoms with Gasteiger partial charge in [-0.05, 0) is 52.7 Å². The molecule has 0 unspecified atom stereocenters. The Morgan fingerprint density at radius 2 is 1.82 bits per heavy atom. The number of piperidine rings is 1. The molecule has 1 aliphatic rings. The summed E-state index contributed by atoms with van der Waals surface area (Å²) in [5.74, 6) is 0. The summed E-state index contributed by atoms with van der Waals surface area (Å²) in [7, 11) is 0. The number of aromatic amines is 1. The van der Waals surface area contributed by atoms with Crippen LogP contribution in [-0.2, 0) is 4.74 Å². The molecule has 0 bridgehead atoms. The zero-order valence-electron chi connectivity index (χ0n) is 17.4. The summed E-state index contributed by atoms with van der Waals surface area (Å²) >= 11 is 0. The molecular weight excluding hydrogens is 356 g/mol. The van der Waals surface area contributed by atoms with Gasteiger partial charge in [-0.15, -0.1) is 0 Å². The topological polar surface area (TPSA) is 70.6 Å². The number of carbonyl (C=O) groups excluding carboxylic acids is 1. The van der Waals surface area contributed by atoms with Gasteiger partial charge in [0.1, 0.15) is 6.61 Å². The van der Waals surface area contributed by atoms with E-state index in [1.165, 1.54) is 0 Å². The predicted molar refractivity (Wildman–Crippen MR) is 111 cm³/mol. The SMILES string of the molecule is CC(C)N(CCOC(=O)N1CCC(n2c(=O)[nH]c3ccccc32)CC1)C(C)C. The number of ether oxygens (including phenoxy) is 1. The highest BCUT2D eigenvalue weighted by atomic mass is 16.6. The largest absolute Gasteiger partial charge is 0.448 e. The van der Waals surface area contributed by atoms with E-state index in [0.29, 0.717) is 31.8 Å². The first-order valence-corrected chi connectivity index (χ1v) is 10.2. The fourth-order valence-corrected chi connectivity index (χ4v) is 4.19. The van der Waals surface area contributed by atoms with Crippen LogP contribution in [0.2, 0.25) is 0 Å². The maximum atomic E-state index is 12.4. The molecule has 7 nitrogen and oxygen atoms in total. The minimum absolute atomic E-state index is 0.0790. The van der Waals surface area contributed by atoms with E-state index in [2.05, 4.69) is 37.6 Å². The Morgan fingerprint density at radius 3 is 2.46 bits per heavy atom. The number of imidazole rings is 1. The maximum Gasteiger partial charge on any atom is 0.409 e. The number of carbonyl (C=O) groups is 1. The third kappa shape index (κ3) is 4.41. The smallest absolute Gasteiger partial charge is 0.409 e. The van der Waals surface area contributed by atoms with Crippen molar-refractivity contribution in [1.29, 1.82) is 0 Å². The van der Waals surface area contributed by atoms with Gasteiger partial charge in [0.05, 0.1) is 11.0 Å². The highest BCUT2D eigenvalue weighted by molar-refractivity contribution is 5.75. The average molecular weight is 389 g/mol. The monoisotopic (exact) mass is 388 g/mol. The Balaban J connectivity index is 1.53. The zero-order valence-corrected chi connectivity index (χ0v) is 17.4. The number of nitrogens with one attached hydrogen (secondary N) is 1. The molecule has 1 aromatic carbocycles. The van der Waals surface area contributed by atoms with Crippen molar-refractivity contribution in [2.45, 2.75) is 58.7 Å². The minimum atomic E-state index is -0.253. The van der Waals surface area contributed by atoms with Gasteiger partial charge in [0.2, 0.25) is 0 Å².